The van der Waals surface area contributed by atoms with Gasteiger partial charge in [-0.15, -0.1) is 0 Å². The van der Waals surface area contributed by atoms with Crippen LogP contribution in [0.4, 0.5) is 0 Å². The molecule has 0 aliphatic rings. The zero-order chi connectivity index (χ0) is 14.6. The van der Waals surface area contributed by atoms with Crippen LogP contribution in [0.25, 0.3) is 0 Å². The second-order valence-corrected chi connectivity index (χ2v) is 5.25. The molecule has 2 aromatic carbocycles. The van der Waals surface area contributed by atoms with Crippen molar-refractivity contribution in [2.75, 3.05) is 6.54 Å². The Morgan fingerprint density at radius 3 is 2.15 bits per heavy atom. The number of aliphatic hydroxyl groups is 1. The molecule has 4 N–H and O–H groups in total. The number of hydrogen-bond acceptors (Lipinski definition) is 3. The van der Waals surface area contributed by atoms with Gasteiger partial charge in [0.05, 0.1) is 6.10 Å². The molecule has 20 heavy (non-hydrogen) atoms. The first-order valence-corrected chi connectivity index (χ1v) is 6.80. The summed E-state index contributed by atoms with van der Waals surface area (Å²) in [6.45, 7) is 2.13. The highest BCUT2D eigenvalue weighted by atomic mass is 16.3. The standard InChI is InChI=1S/C17H21NO2/c1-13(19)17(12-18,15-5-3-2-4-6-15)11-14-7-9-16(20)10-8-14/h2-10,13,19-20H,11-12,18H2,1H3. The van der Waals surface area contributed by atoms with Crippen molar-refractivity contribution in [3.8, 4) is 5.75 Å². The van der Waals surface area contributed by atoms with Crippen molar-refractivity contribution < 1.29 is 10.2 Å². The summed E-state index contributed by atoms with van der Waals surface area (Å²) in [7, 11) is 0. The van der Waals surface area contributed by atoms with Gasteiger partial charge < -0.3 is 15.9 Å². The van der Waals surface area contributed by atoms with E-state index in [-0.39, 0.29) is 5.75 Å². The van der Waals surface area contributed by atoms with E-state index in [1.54, 1.807) is 19.1 Å². The van der Waals surface area contributed by atoms with Gasteiger partial charge in [0, 0.05) is 12.0 Å². The molecule has 0 aromatic heterocycles. The zero-order valence-electron chi connectivity index (χ0n) is 11.7. The molecule has 0 amide bonds. The first kappa shape index (κ1) is 14.6. The summed E-state index contributed by atoms with van der Waals surface area (Å²) in [5.74, 6) is 0.240. The molecule has 2 aromatic rings. The number of aromatic hydroxyl groups is 1. The van der Waals surface area contributed by atoms with Gasteiger partial charge in [-0.2, -0.15) is 0 Å². The molecule has 2 unspecified atom stereocenters. The van der Waals surface area contributed by atoms with Crippen LogP contribution < -0.4 is 5.73 Å². The lowest BCUT2D eigenvalue weighted by atomic mass is 9.72. The molecule has 2 rings (SSSR count). The van der Waals surface area contributed by atoms with E-state index < -0.39 is 11.5 Å². The molecule has 2 atom stereocenters. The maximum Gasteiger partial charge on any atom is 0.115 e. The maximum absolute atomic E-state index is 10.3. The summed E-state index contributed by atoms with van der Waals surface area (Å²) in [6.07, 6.45) is 0.0644. The third-order valence-corrected chi connectivity index (χ3v) is 3.97. The molecule has 0 aliphatic heterocycles. The quantitative estimate of drug-likeness (QED) is 0.781. The smallest absolute Gasteiger partial charge is 0.115 e. The van der Waals surface area contributed by atoms with E-state index in [0.717, 1.165) is 11.1 Å². The first-order chi connectivity index (χ1) is 9.58. The monoisotopic (exact) mass is 271 g/mol. The summed E-state index contributed by atoms with van der Waals surface area (Å²) in [5.41, 5.74) is 7.57. The van der Waals surface area contributed by atoms with E-state index in [9.17, 15) is 10.2 Å². The normalized spacial score (nSPS) is 15.6. The largest absolute Gasteiger partial charge is 0.508 e. The summed E-state index contributed by atoms with van der Waals surface area (Å²) < 4.78 is 0. The number of phenols is 1. The molecule has 0 saturated carbocycles. The summed E-state index contributed by atoms with van der Waals surface area (Å²) in [5, 5.41) is 19.7. The zero-order valence-corrected chi connectivity index (χ0v) is 11.7. The Labute approximate surface area is 119 Å². The highest BCUT2D eigenvalue weighted by Gasteiger charge is 2.36. The molecule has 0 saturated heterocycles. The molecule has 0 heterocycles. The van der Waals surface area contributed by atoms with Crippen molar-refractivity contribution in [1.82, 2.24) is 0 Å². The Balaban J connectivity index is 2.40. The van der Waals surface area contributed by atoms with Crippen molar-refractivity contribution in [1.29, 1.82) is 0 Å². The van der Waals surface area contributed by atoms with E-state index in [1.165, 1.54) is 0 Å². The third-order valence-electron chi connectivity index (χ3n) is 3.97. The Morgan fingerprint density at radius 1 is 1.05 bits per heavy atom. The van der Waals surface area contributed by atoms with E-state index in [2.05, 4.69) is 0 Å². The van der Waals surface area contributed by atoms with Crippen LogP contribution in [0.2, 0.25) is 0 Å². The molecular weight excluding hydrogens is 250 g/mol. The van der Waals surface area contributed by atoms with Gasteiger partial charge in [-0.25, -0.2) is 0 Å². The predicted molar refractivity (Wildman–Crippen MR) is 80.7 cm³/mol. The van der Waals surface area contributed by atoms with Crippen LogP contribution >= 0.6 is 0 Å². The fraction of sp³-hybridized carbons (Fsp3) is 0.294. The second kappa shape index (κ2) is 6.07. The predicted octanol–water partition coefficient (Wildman–Crippen LogP) is 2.21. The average molecular weight is 271 g/mol. The molecule has 0 spiro atoms. The fourth-order valence-electron chi connectivity index (χ4n) is 2.60. The fourth-order valence-corrected chi connectivity index (χ4v) is 2.60. The Kier molecular flexibility index (Phi) is 4.42. The number of benzene rings is 2. The van der Waals surface area contributed by atoms with Crippen molar-refractivity contribution in [2.45, 2.75) is 24.9 Å². The number of phenolic OH excluding ortho intramolecular Hbond substituents is 1. The van der Waals surface area contributed by atoms with Crippen molar-refractivity contribution >= 4 is 0 Å². The molecule has 0 aliphatic carbocycles. The highest BCUT2D eigenvalue weighted by molar-refractivity contribution is 5.33. The van der Waals surface area contributed by atoms with Gasteiger partial charge in [-0.05, 0) is 36.6 Å². The molecule has 106 valence electrons. The summed E-state index contributed by atoms with van der Waals surface area (Å²) in [4.78, 5) is 0. The van der Waals surface area contributed by atoms with E-state index in [1.807, 2.05) is 42.5 Å². The third kappa shape index (κ3) is 2.84. The lowest BCUT2D eigenvalue weighted by Gasteiger charge is -2.36. The van der Waals surface area contributed by atoms with Crippen molar-refractivity contribution in [2.24, 2.45) is 5.73 Å². The van der Waals surface area contributed by atoms with E-state index >= 15 is 0 Å². The lowest BCUT2D eigenvalue weighted by molar-refractivity contribution is 0.100. The van der Waals surface area contributed by atoms with Gasteiger partial charge in [0.15, 0.2) is 0 Å². The lowest BCUT2D eigenvalue weighted by Crippen LogP contribution is -2.46. The number of rotatable bonds is 5. The Hall–Kier alpha value is -1.84. The molecule has 0 bridgehead atoms. The first-order valence-electron chi connectivity index (χ1n) is 6.80. The molecule has 0 fully saturated rings. The van der Waals surface area contributed by atoms with Crippen LogP contribution in [0.5, 0.6) is 5.75 Å². The minimum Gasteiger partial charge on any atom is -0.508 e. The molecular formula is C17H21NO2. The van der Waals surface area contributed by atoms with E-state index in [0.29, 0.717) is 13.0 Å². The van der Waals surface area contributed by atoms with Crippen molar-refractivity contribution in [3.05, 3.63) is 65.7 Å². The number of hydrogen-bond donors (Lipinski definition) is 3. The SMILES string of the molecule is CC(O)C(CN)(Cc1ccc(O)cc1)c1ccccc1. The number of nitrogens with two attached hydrogens (primary N) is 1. The Bertz CT molecular complexity index is 537. The van der Waals surface area contributed by atoms with Gasteiger partial charge in [-0.1, -0.05) is 42.5 Å². The summed E-state index contributed by atoms with van der Waals surface area (Å²) >= 11 is 0. The topological polar surface area (TPSA) is 66.5 Å². The van der Waals surface area contributed by atoms with Crippen LogP contribution in [-0.2, 0) is 11.8 Å². The van der Waals surface area contributed by atoms with Crippen LogP contribution in [0.1, 0.15) is 18.1 Å². The number of aliphatic hydroxyl groups excluding tert-OH is 1. The van der Waals surface area contributed by atoms with Gasteiger partial charge in [-0.3, -0.25) is 0 Å². The maximum atomic E-state index is 10.3. The highest BCUT2D eigenvalue weighted by Crippen LogP contribution is 2.31. The van der Waals surface area contributed by atoms with Gasteiger partial charge in [0.1, 0.15) is 5.75 Å². The van der Waals surface area contributed by atoms with E-state index in [4.69, 9.17) is 5.73 Å². The van der Waals surface area contributed by atoms with Crippen molar-refractivity contribution in [3.63, 3.8) is 0 Å². The van der Waals surface area contributed by atoms with Crippen LogP contribution in [0, 0.1) is 0 Å². The average Bonchev–Trinajstić information content (AvgIpc) is 2.47. The molecule has 3 nitrogen and oxygen atoms in total. The minimum absolute atomic E-state index is 0.240. The molecule has 3 heteroatoms. The summed E-state index contributed by atoms with van der Waals surface area (Å²) in [6, 6.07) is 16.9. The Morgan fingerprint density at radius 2 is 1.65 bits per heavy atom. The molecule has 0 radical (unpaired) electrons. The second-order valence-electron chi connectivity index (χ2n) is 5.25. The van der Waals surface area contributed by atoms with Gasteiger partial charge in [0.25, 0.3) is 0 Å². The van der Waals surface area contributed by atoms with Crippen LogP contribution in [-0.4, -0.2) is 22.9 Å². The van der Waals surface area contributed by atoms with Gasteiger partial charge in [0.2, 0.25) is 0 Å². The minimum atomic E-state index is -0.566. The van der Waals surface area contributed by atoms with Crippen LogP contribution in [0.15, 0.2) is 54.6 Å². The van der Waals surface area contributed by atoms with Crippen LogP contribution in [0.3, 0.4) is 0 Å². The van der Waals surface area contributed by atoms with Gasteiger partial charge >= 0.3 is 0 Å².